The third-order valence-corrected chi connectivity index (χ3v) is 6.43. The number of nitrogens with zero attached hydrogens (tertiary/aromatic N) is 1. The van der Waals surface area contributed by atoms with Gasteiger partial charge in [0.05, 0.1) is 13.9 Å². The number of rotatable bonds is 4. The summed E-state index contributed by atoms with van der Waals surface area (Å²) in [5, 5.41) is 12.9. The molecule has 1 heterocycles. The summed E-state index contributed by atoms with van der Waals surface area (Å²) in [7, 11) is 0. The minimum Gasteiger partial charge on any atom is -0.483 e. The molecule has 1 amide bonds. The van der Waals surface area contributed by atoms with Crippen molar-refractivity contribution in [3.63, 3.8) is 0 Å². The van der Waals surface area contributed by atoms with Crippen molar-refractivity contribution in [2.24, 2.45) is 5.92 Å². The van der Waals surface area contributed by atoms with E-state index in [1.807, 2.05) is 18.2 Å². The molecule has 0 saturated heterocycles. The number of carbonyl (C=O) groups excluding carboxylic acids is 1. The van der Waals surface area contributed by atoms with Gasteiger partial charge in [-0.15, -0.1) is 11.3 Å². The minimum atomic E-state index is -0.313. The fourth-order valence-electron chi connectivity index (χ4n) is 3.01. The Kier molecular flexibility index (Phi) is 6.07. The maximum absolute atomic E-state index is 12.3. The number of fused-ring (bicyclic) bond motifs is 1. The number of nitrogens with one attached hydrogen (secondary N) is 1. The molecule has 4 nitrogen and oxygen atoms in total. The lowest BCUT2D eigenvalue weighted by molar-refractivity contribution is -0.118. The molecule has 1 unspecified atom stereocenters. The van der Waals surface area contributed by atoms with E-state index < -0.39 is 0 Å². The van der Waals surface area contributed by atoms with Gasteiger partial charge >= 0.3 is 0 Å². The first kappa shape index (κ1) is 19.0. The average Bonchev–Trinajstić information content (AvgIpc) is 2.62. The molecule has 0 radical (unpaired) electrons. The van der Waals surface area contributed by atoms with Crippen LogP contribution in [0.1, 0.15) is 30.0 Å². The Morgan fingerprint density at radius 2 is 2.23 bits per heavy atom. The van der Waals surface area contributed by atoms with Crippen molar-refractivity contribution in [2.45, 2.75) is 26.2 Å². The van der Waals surface area contributed by atoms with Crippen molar-refractivity contribution < 1.29 is 9.53 Å². The zero-order valence-electron chi connectivity index (χ0n) is 14.2. The molecule has 26 heavy (non-hydrogen) atoms. The van der Waals surface area contributed by atoms with Gasteiger partial charge in [-0.25, -0.2) is 0 Å². The van der Waals surface area contributed by atoms with Crippen molar-refractivity contribution in [1.29, 1.82) is 5.26 Å². The summed E-state index contributed by atoms with van der Waals surface area (Å²) in [4.78, 5) is 12.3. The summed E-state index contributed by atoms with van der Waals surface area (Å²) in [5.74, 6) is 0.850. The van der Waals surface area contributed by atoms with Crippen LogP contribution in [-0.2, 0) is 17.6 Å². The molecular formula is C19H17BrN2O2S2. The first-order valence-electron chi connectivity index (χ1n) is 8.25. The topological polar surface area (TPSA) is 62.1 Å². The molecule has 0 spiro atoms. The monoisotopic (exact) mass is 448 g/mol. The summed E-state index contributed by atoms with van der Waals surface area (Å²) in [6.07, 6.45) is 2.76. The highest BCUT2D eigenvalue weighted by Crippen LogP contribution is 2.36. The lowest BCUT2D eigenvalue weighted by Gasteiger charge is -2.23. The molecule has 1 N–H and O–H groups in total. The Morgan fingerprint density at radius 1 is 1.46 bits per heavy atom. The highest BCUT2D eigenvalue weighted by molar-refractivity contribution is 9.10. The van der Waals surface area contributed by atoms with E-state index in [1.54, 1.807) is 6.07 Å². The number of carbonyl (C=O) groups is 1. The van der Waals surface area contributed by atoms with Gasteiger partial charge < -0.3 is 10.1 Å². The van der Waals surface area contributed by atoms with Gasteiger partial charge in [0, 0.05) is 0 Å². The minimum absolute atomic E-state index is 0.138. The van der Waals surface area contributed by atoms with Crippen LogP contribution in [-0.4, -0.2) is 12.5 Å². The van der Waals surface area contributed by atoms with Crippen LogP contribution >= 0.6 is 39.5 Å². The van der Waals surface area contributed by atoms with Crippen molar-refractivity contribution in [3.8, 4) is 11.8 Å². The van der Waals surface area contributed by atoms with Crippen LogP contribution in [0.15, 0.2) is 28.7 Å². The number of ether oxygens (including phenoxy) is 1. The predicted molar refractivity (Wildman–Crippen MR) is 109 cm³/mol. The van der Waals surface area contributed by atoms with Gasteiger partial charge in [-0.3, -0.25) is 4.79 Å². The zero-order valence-corrected chi connectivity index (χ0v) is 17.4. The molecule has 1 aromatic carbocycles. The number of benzene rings is 1. The number of halogens is 1. The molecule has 1 aromatic heterocycles. The van der Waals surface area contributed by atoms with Crippen LogP contribution < -0.4 is 10.1 Å². The van der Waals surface area contributed by atoms with Gasteiger partial charge in [-0.05, 0) is 64.4 Å². The lowest BCUT2D eigenvalue weighted by Crippen LogP contribution is -2.21. The third kappa shape index (κ3) is 4.14. The van der Waals surface area contributed by atoms with Crippen LogP contribution in [0, 0.1) is 21.1 Å². The zero-order chi connectivity index (χ0) is 18.7. The van der Waals surface area contributed by atoms with E-state index in [4.69, 9.17) is 17.0 Å². The summed E-state index contributed by atoms with van der Waals surface area (Å²) in [5.41, 5.74) is 2.64. The fraction of sp³-hybridized carbons (Fsp3) is 0.316. The van der Waals surface area contributed by atoms with Gasteiger partial charge in [0.1, 0.15) is 16.8 Å². The third-order valence-electron chi connectivity index (χ3n) is 4.33. The van der Waals surface area contributed by atoms with E-state index in [2.05, 4.69) is 34.2 Å². The number of amides is 1. The first-order valence-corrected chi connectivity index (χ1v) is 10.3. The molecule has 3 rings (SSSR count). The molecule has 0 fully saturated rings. The van der Waals surface area contributed by atoms with Crippen LogP contribution in [0.25, 0.3) is 0 Å². The standard InChI is InChI=1S/C19H17BrN2O2S2/c1-11-6-7-12-13(8-11)19(25)26-18(14(12)9-21)22-17(23)10-24-16-5-3-2-4-15(16)20/h2-5,11H,6-8,10H2,1H3,(H,22,23). The average molecular weight is 449 g/mol. The van der Waals surface area contributed by atoms with Crippen LogP contribution in [0.2, 0.25) is 0 Å². The summed E-state index contributed by atoms with van der Waals surface area (Å²) in [6.45, 7) is 2.06. The van der Waals surface area contributed by atoms with E-state index >= 15 is 0 Å². The van der Waals surface area contributed by atoms with Crippen LogP contribution in [0.3, 0.4) is 0 Å². The molecule has 1 atom stereocenters. The van der Waals surface area contributed by atoms with Crippen molar-refractivity contribution in [1.82, 2.24) is 0 Å². The Morgan fingerprint density at radius 3 is 2.96 bits per heavy atom. The quantitative estimate of drug-likeness (QED) is 0.648. The van der Waals surface area contributed by atoms with E-state index in [1.165, 1.54) is 11.3 Å². The van der Waals surface area contributed by atoms with Crippen LogP contribution in [0.5, 0.6) is 5.75 Å². The Labute approximate surface area is 169 Å². The number of anilines is 1. The summed E-state index contributed by atoms with van der Waals surface area (Å²) < 4.78 is 7.08. The van der Waals surface area contributed by atoms with Crippen molar-refractivity contribution >= 4 is 50.4 Å². The van der Waals surface area contributed by atoms with Gasteiger partial charge in [-0.2, -0.15) is 5.26 Å². The van der Waals surface area contributed by atoms with Gasteiger partial charge in [0.15, 0.2) is 6.61 Å². The number of nitriles is 1. The lowest BCUT2D eigenvalue weighted by atomic mass is 9.85. The van der Waals surface area contributed by atoms with Crippen molar-refractivity contribution in [3.05, 3.63) is 49.3 Å². The maximum atomic E-state index is 12.3. The van der Waals surface area contributed by atoms with Gasteiger partial charge in [-0.1, -0.05) is 31.3 Å². The summed E-state index contributed by atoms with van der Waals surface area (Å²) in [6, 6.07) is 9.59. The van der Waals surface area contributed by atoms with E-state index in [0.29, 0.717) is 22.2 Å². The van der Waals surface area contributed by atoms with E-state index in [-0.39, 0.29) is 12.5 Å². The van der Waals surface area contributed by atoms with Gasteiger partial charge in [0.2, 0.25) is 0 Å². The predicted octanol–water partition coefficient (Wildman–Crippen LogP) is 5.25. The van der Waals surface area contributed by atoms with E-state index in [9.17, 15) is 10.1 Å². The molecule has 0 bridgehead atoms. The van der Waals surface area contributed by atoms with E-state index in [0.717, 1.165) is 38.7 Å². The highest BCUT2D eigenvalue weighted by Gasteiger charge is 2.23. The number of para-hydroxylation sites is 1. The molecule has 134 valence electrons. The smallest absolute Gasteiger partial charge is 0.262 e. The molecule has 1 aliphatic rings. The fourth-order valence-corrected chi connectivity index (χ4v) is 4.82. The second-order valence-electron chi connectivity index (χ2n) is 6.28. The normalized spacial score (nSPS) is 15.7. The molecular weight excluding hydrogens is 432 g/mol. The SMILES string of the molecule is CC1CCc2c(C#N)c(NC(=O)COc3ccccc3Br)sc(=S)c2C1. The molecule has 7 heteroatoms. The van der Waals surface area contributed by atoms with Crippen molar-refractivity contribution in [2.75, 3.05) is 11.9 Å². The molecule has 0 saturated carbocycles. The van der Waals surface area contributed by atoms with Gasteiger partial charge in [0.25, 0.3) is 5.91 Å². The number of hydrogen-bond donors (Lipinski definition) is 1. The first-order chi connectivity index (χ1) is 12.5. The Hall–Kier alpha value is -1.75. The molecule has 0 aliphatic heterocycles. The molecule has 1 aliphatic carbocycles. The highest BCUT2D eigenvalue weighted by atomic mass is 79.9. The largest absolute Gasteiger partial charge is 0.483 e. The second kappa shape index (κ2) is 8.30. The number of hydrogen-bond acceptors (Lipinski definition) is 5. The Bertz CT molecular complexity index is 950. The Balaban J connectivity index is 1.78. The van der Waals surface area contributed by atoms with Crippen LogP contribution in [0.4, 0.5) is 5.00 Å². The summed E-state index contributed by atoms with van der Waals surface area (Å²) >= 11 is 10.2. The second-order valence-corrected chi connectivity index (χ2v) is 8.82. The molecule has 2 aromatic rings. The maximum Gasteiger partial charge on any atom is 0.262 e.